The molecule has 0 saturated carbocycles. The van der Waals surface area contributed by atoms with E-state index in [-0.39, 0.29) is 25.8 Å². The molecule has 4 N–H and O–H groups in total. The van der Waals surface area contributed by atoms with Gasteiger partial charge in [0.05, 0.1) is 0 Å². The van der Waals surface area contributed by atoms with E-state index < -0.39 is 34.1 Å². The Morgan fingerprint density at radius 3 is 1.34 bits per heavy atom. The Morgan fingerprint density at radius 1 is 0.580 bits per heavy atom. The summed E-state index contributed by atoms with van der Waals surface area (Å²) < 4.78 is -0.153. The highest BCUT2D eigenvalue weighted by Gasteiger charge is 2.67. The Bertz CT molecular complexity index is 1790. The first-order chi connectivity index (χ1) is 23.3. The highest BCUT2D eigenvalue weighted by Crippen LogP contribution is 2.58. The van der Waals surface area contributed by atoms with Gasteiger partial charge >= 0.3 is 11.9 Å². The fourth-order valence-electron chi connectivity index (χ4n) is 9.83. The molecule has 2 aliphatic heterocycles. The van der Waals surface area contributed by atoms with Crippen molar-refractivity contribution in [1.82, 2.24) is 8.97 Å². The van der Waals surface area contributed by atoms with Gasteiger partial charge in [0, 0.05) is 67.6 Å². The number of carbonyl (C=O) groups is 2. The van der Waals surface area contributed by atoms with Crippen LogP contribution in [-0.2, 0) is 0 Å². The number of quaternary nitrogens is 2. The number of thiocarbonyl (C=S) groups is 2. The highest BCUT2D eigenvalue weighted by molar-refractivity contribution is 7.80. The topological polar surface area (TPSA) is 98.7 Å². The molecule has 0 bridgehead atoms. The van der Waals surface area contributed by atoms with Gasteiger partial charge in [-0.15, -0.1) is 0 Å². The molecule has 10 heteroatoms. The second kappa shape index (κ2) is 13.1. The van der Waals surface area contributed by atoms with Gasteiger partial charge in [0.1, 0.15) is 27.7 Å². The van der Waals surface area contributed by atoms with Crippen LogP contribution in [0.25, 0.3) is 0 Å². The van der Waals surface area contributed by atoms with E-state index >= 15 is 0 Å². The SMILES string of the molecule is CC1(C)CCCC(C)(C)[N+]1(C(=S)Nc1ccccc1)c1ccc(C(=O)O)c([N+]2(C(=S)Nc3ccccc3)C(C)(C)CCCC2(C)C)c1C(=O)O. The number of benzene rings is 3. The van der Waals surface area contributed by atoms with E-state index in [1.54, 1.807) is 12.1 Å². The Hall–Kier alpha value is -3.70. The summed E-state index contributed by atoms with van der Waals surface area (Å²) in [7, 11) is 0. The largest absolute Gasteiger partial charge is 0.477 e. The number of hydrogen-bond acceptors (Lipinski definition) is 4. The van der Waals surface area contributed by atoms with Gasteiger partial charge in [0.15, 0.2) is 16.9 Å². The Kier molecular flexibility index (Phi) is 9.86. The summed E-state index contributed by atoms with van der Waals surface area (Å²) in [4.78, 5) is 27.7. The minimum atomic E-state index is -1.22. The number of aromatic carboxylic acids is 2. The number of piperidine rings is 2. The normalized spacial score (nSPS) is 21.0. The van der Waals surface area contributed by atoms with Crippen molar-refractivity contribution >= 4 is 69.3 Å². The average Bonchev–Trinajstić information content (AvgIpc) is 3.00. The molecule has 0 spiro atoms. The second-order valence-corrected chi connectivity index (χ2v) is 17.1. The van der Waals surface area contributed by atoms with Crippen LogP contribution in [0.4, 0.5) is 22.7 Å². The number of carboxylic acids is 2. The number of para-hydroxylation sites is 2. The molecule has 3 aromatic rings. The van der Waals surface area contributed by atoms with Gasteiger partial charge in [-0.25, -0.2) is 18.6 Å². The first-order valence-corrected chi connectivity index (χ1v) is 18.3. The molecule has 8 nitrogen and oxygen atoms in total. The van der Waals surface area contributed by atoms with Crippen molar-refractivity contribution in [2.45, 2.75) is 116 Å². The first-order valence-electron chi connectivity index (χ1n) is 17.4. The number of carboxylic acid groups (broad SMARTS) is 2. The van der Waals surface area contributed by atoms with E-state index in [9.17, 15) is 19.8 Å². The van der Waals surface area contributed by atoms with Gasteiger partial charge in [-0.1, -0.05) is 36.4 Å². The van der Waals surface area contributed by atoms with E-state index in [1.165, 1.54) is 0 Å². The lowest BCUT2D eigenvalue weighted by Crippen LogP contribution is -2.80. The predicted molar refractivity (Wildman–Crippen MR) is 213 cm³/mol. The molecule has 266 valence electrons. The fraction of sp³-hybridized carbons (Fsp3) is 0.450. The summed E-state index contributed by atoms with van der Waals surface area (Å²) in [6, 6.07) is 22.5. The Labute approximate surface area is 307 Å². The van der Waals surface area contributed by atoms with Crippen LogP contribution in [0.1, 0.15) is 115 Å². The fourth-order valence-corrected chi connectivity index (χ4v) is 11.2. The van der Waals surface area contributed by atoms with E-state index in [4.69, 9.17) is 24.4 Å². The summed E-state index contributed by atoms with van der Waals surface area (Å²) in [6.07, 6.45) is 4.74. The lowest BCUT2D eigenvalue weighted by atomic mass is 9.73. The number of hydrogen-bond donors (Lipinski definition) is 4. The van der Waals surface area contributed by atoms with Crippen LogP contribution in [0.15, 0.2) is 72.8 Å². The van der Waals surface area contributed by atoms with Crippen molar-refractivity contribution in [3.63, 3.8) is 0 Å². The van der Waals surface area contributed by atoms with Gasteiger partial charge in [-0.2, -0.15) is 0 Å². The van der Waals surface area contributed by atoms with Crippen LogP contribution in [0, 0.1) is 0 Å². The quantitative estimate of drug-likeness (QED) is 0.148. The molecular weight excluding hydrogens is 665 g/mol. The monoisotopic (exact) mass is 716 g/mol. The van der Waals surface area contributed by atoms with Crippen LogP contribution < -0.4 is 19.6 Å². The van der Waals surface area contributed by atoms with Gasteiger partial charge in [0.2, 0.25) is 0 Å². The van der Waals surface area contributed by atoms with Crippen LogP contribution >= 0.6 is 24.4 Å². The van der Waals surface area contributed by atoms with Crippen molar-refractivity contribution in [2.24, 2.45) is 0 Å². The Morgan fingerprint density at radius 2 is 0.960 bits per heavy atom. The molecule has 3 aromatic carbocycles. The van der Waals surface area contributed by atoms with E-state index in [2.05, 4.69) is 66.0 Å². The molecule has 2 saturated heterocycles. The average molecular weight is 717 g/mol. The van der Waals surface area contributed by atoms with Gasteiger partial charge in [-0.3, -0.25) is 0 Å². The van der Waals surface area contributed by atoms with Crippen molar-refractivity contribution < 1.29 is 19.8 Å². The minimum Gasteiger partial charge on any atom is -0.477 e. The molecule has 0 unspecified atom stereocenters. The predicted octanol–water partition coefficient (Wildman–Crippen LogP) is 9.97. The third-order valence-corrected chi connectivity index (χ3v) is 12.5. The van der Waals surface area contributed by atoms with Crippen molar-refractivity contribution in [3.05, 3.63) is 83.9 Å². The molecule has 50 heavy (non-hydrogen) atoms. The Balaban J connectivity index is 1.98. The molecule has 0 aliphatic carbocycles. The maximum absolute atomic E-state index is 14.3. The molecule has 5 rings (SSSR count). The highest BCUT2D eigenvalue weighted by atomic mass is 32.1. The third kappa shape index (κ3) is 5.64. The number of nitrogens with zero attached hydrogens (tertiary/aromatic N) is 2. The summed E-state index contributed by atoms with van der Waals surface area (Å²) in [6.45, 7) is 16.9. The van der Waals surface area contributed by atoms with Gasteiger partial charge in [0.25, 0.3) is 10.2 Å². The molecule has 0 amide bonds. The minimum absolute atomic E-state index is 0.0124. The molecular formula is C40H52N4O4S2+2. The van der Waals surface area contributed by atoms with Crippen LogP contribution in [0.5, 0.6) is 0 Å². The van der Waals surface area contributed by atoms with Crippen LogP contribution in [-0.4, -0.2) is 54.5 Å². The molecule has 2 aliphatic rings. The smallest absolute Gasteiger partial charge is 0.348 e. The lowest BCUT2D eigenvalue weighted by molar-refractivity contribution is 0.0399. The first kappa shape index (κ1) is 37.6. The molecule has 0 atom stereocenters. The van der Waals surface area contributed by atoms with Gasteiger partial charge in [-0.05, 0) is 98.6 Å². The number of likely N-dealkylation sites (tertiary alicyclic amines) is 2. The maximum atomic E-state index is 14.3. The molecule has 0 aromatic heterocycles. The number of anilines is 2. The van der Waals surface area contributed by atoms with E-state index in [0.717, 1.165) is 37.1 Å². The number of rotatable bonds is 6. The summed E-state index contributed by atoms with van der Waals surface area (Å²) >= 11 is 12.9. The zero-order valence-electron chi connectivity index (χ0n) is 30.6. The third-order valence-electron chi connectivity index (χ3n) is 11.7. The van der Waals surface area contributed by atoms with Gasteiger partial charge < -0.3 is 20.8 Å². The maximum Gasteiger partial charge on any atom is 0.348 e. The van der Waals surface area contributed by atoms with Crippen molar-refractivity contribution in [2.75, 3.05) is 10.6 Å². The van der Waals surface area contributed by atoms with Crippen LogP contribution in [0.3, 0.4) is 0 Å². The summed E-state index contributed by atoms with van der Waals surface area (Å²) in [5.74, 6) is -2.42. The lowest BCUT2D eigenvalue weighted by Gasteiger charge is -2.62. The molecule has 0 radical (unpaired) electrons. The molecule has 2 fully saturated rings. The zero-order chi connectivity index (χ0) is 36.9. The van der Waals surface area contributed by atoms with E-state index in [0.29, 0.717) is 28.8 Å². The summed E-state index contributed by atoms with van der Waals surface area (Å²) in [5.41, 5.74) is -0.581. The standard InChI is InChI=1S/C40H50N4O4S2/c1-37(2)23-15-24-38(3,4)43(37,35(49)41-27-17-11-9-12-18-27)30-22-21-29(33(45)46)32(31(30)34(47)48)44(36(50)42-28-19-13-10-14-20-28)39(5,6)25-16-26-40(44,7)8/h9-14,17-22H,15-16,23-26H2,1-8H3,(H2-2,41,42,45,46,47,48,49,50)/p+2. The van der Waals surface area contributed by atoms with Crippen molar-refractivity contribution in [1.29, 1.82) is 0 Å². The van der Waals surface area contributed by atoms with Crippen LogP contribution in [0.2, 0.25) is 0 Å². The molecule has 2 heterocycles. The van der Waals surface area contributed by atoms with Crippen molar-refractivity contribution in [3.8, 4) is 0 Å². The number of nitrogens with one attached hydrogen (secondary N) is 2. The zero-order valence-corrected chi connectivity index (χ0v) is 32.2. The summed E-state index contributed by atoms with van der Waals surface area (Å²) in [5, 5.41) is 30.4. The van der Waals surface area contributed by atoms with E-state index in [1.807, 2.05) is 60.7 Å². The second-order valence-electron chi connectivity index (χ2n) is 16.4.